The van der Waals surface area contributed by atoms with Gasteiger partial charge in [-0.15, -0.1) is 11.6 Å². The molecule has 0 radical (unpaired) electrons. The number of benzene rings is 1. The first-order chi connectivity index (χ1) is 10.1. The Kier molecular flexibility index (Phi) is 3.72. The smallest absolute Gasteiger partial charge is 0.128 e. The molecule has 2 atom stereocenters. The fraction of sp³-hybridized carbons (Fsp3) is 0.375. The van der Waals surface area contributed by atoms with Gasteiger partial charge in [-0.05, 0) is 38.5 Å². The highest BCUT2D eigenvalue weighted by Crippen LogP contribution is 2.29. The van der Waals surface area contributed by atoms with Crippen molar-refractivity contribution < 1.29 is 0 Å². The van der Waals surface area contributed by atoms with Crippen LogP contribution in [-0.4, -0.2) is 19.1 Å². The van der Waals surface area contributed by atoms with Crippen molar-refractivity contribution in [1.82, 2.24) is 19.1 Å². The molecule has 1 aromatic carbocycles. The number of nitrogens with zero attached hydrogens (tertiary/aromatic N) is 4. The van der Waals surface area contributed by atoms with E-state index in [4.69, 9.17) is 16.6 Å². The molecule has 21 heavy (non-hydrogen) atoms. The van der Waals surface area contributed by atoms with Crippen LogP contribution in [0.4, 0.5) is 0 Å². The lowest BCUT2D eigenvalue weighted by molar-refractivity contribution is 0.460. The van der Waals surface area contributed by atoms with Gasteiger partial charge in [0.25, 0.3) is 0 Å². The fourth-order valence-electron chi connectivity index (χ4n) is 2.75. The molecule has 2 heterocycles. The number of aromatic nitrogens is 4. The molecule has 3 rings (SSSR count). The van der Waals surface area contributed by atoms with E-state index in [0.717, 1.165) is 23.4 Å². The molecule has 0 saturated heterocycles. The lowest BCUT2D eigenvalue weighted by Crippen LogP contribution is -2.15. The molecule has 0 saturated carbocycles. The summed E-state index contributed by atoms with van der Waals surface area (Å²) in [7, 11) is 0. The first-order valence-electron chi connectivity index (χ1n) is 7.14. The van der Waals surface area contributed by atoms with E-state index in [1.165, 1.54) is 5.56 Å². The van der Waals surface area contributed by atoms with E-state index in [0.29, 0.717) is 0 Å². The number of rotatable bonds is 4. The average Bonchev–Trinajstić information content (AvgIpc) is 3.04. The van der Waals surface area contributed by atoms with Gasteiger partial charge in [0.2, 0.25) is 0 Å². The zero-order chi connectivity index (χ0) is 15.0. The molecule has 0 aliphatic carbocycles. The summed E-state index contributed by atoms with van der Waals surface area (Å²) in [4.78, 5) is 8.81. The highest BCUT2D eigenvalue weighted by molar-refractivity contribution is 6.20. The molecule has 0 aliphatic heterocycles. The van der Waals surface area contributed by atoms with Crippen molar-refractivity contribution in [2.45, 2.75) is 38.7 Å². The molecule has 0 amide bonds. The normalized spacial score (nSPS) is 14.5. The van der Waals surface area contributed by atoms with Crippen LogP contribution in [0.5, 0.6) is 0 Å². The van der Waals surface area contributed by atoms with Gasteiger partial charge < -0.3 is 9.13 Å². The van der Waals surface area contributed by atoms with Crippen LogP contribution in [0.25, 0.3) is 11.0 Å². The van der Waals surface area contributed by atoms with Crippen LogP contribution in [0.15, 0.2) is 36.9 Å². The van der Waals surface area contributed by atoms with Gasteiger partial charge in [0, 0.05) is 18.9 Å². The maximum Gasteiger partial charge on any atom is 0.128 e. The summed E-state index contributed by atoms with van der Waals surface area (Å²) in [5.41, 5.74) is 3.37. The predicted molar refractivity (Wildman–Crippen MR) is 85.7 cm³/mol. The van der Waals surface area contributed by atoms with Gasteiger partial charge in [0.1, 0.15) is 5.82 Å². The Morgan fingerprint density at radius 3 is 2.76 bits per heavy atom. The molecule has 0 aliphatic rings. The second-order valence-electron chi connectivity index (χ2n) is 5.56. The number of fused-ring (bicyclic) bond motifs is 1. The molecule has 110 valence electrons. The third kappa shape index (κ3) is 2.68. The van der Waals surface area contributed by atoms with E-state index >= 15 is 0 Å². The number of hydrogen-bond donors (Lipinski definition) is 0. The first kappa shape index (κ1) is 14.1. The molecule has 0 N–H and O–H groups in total. The quantitative estimate of drug-likeness (QED) is 0.680. The lowest BCUT2D eigenvalue weighted by atomic mass is 10.2. The van der Waals surface area contributed by atoms with E-state index in [1.54, 1.807) is 6.20 Å². The SMILES string of the molecule is Cc1ccc2nc(C(C)Cl)n(C(C)Cn3ccnc3)c2c1. The maximum atomic E-state index is 6.34. The first-order valence-corrected chi connectivity index (χ1v) is 7.58. The molecule has 3 aromatic rings. The van der Waals surface area contributed by atoms with Crippen LogP contribution in [0.1, 0.15) is 36.7 Å². The summed E-state index contributed by atoms with van der Waals surface area (Å²) in [5.74, 6) is 0.921. The molecule has 0 bridgehead atoms. The molecular formula is C16H19ClN4. The van der Waals surface area contributed by atoms with E-state index in [9.17, 15) is 0 Å². The highest BCUT2D eigenvalue weighted by Gasteiger charge is 2.19. The molecule has 0 spiro atoms. The average molecular weight is 303 g/mol. The van der Waals surface area contributed by atoms with Crippen molar-refractivity contribution >= 4 is 22.6 Å². The van der Waals surface area contributed by atoms with Crippen molar-refractivity contribution in [3.05, 3.63) is 48.3 Å². The highest BCUT2D eigenvalue weighted by atomic mass is 35.5. The maximum absolute atomic E-state index is 6.34. The standard InChI is InChI=1S/C16H19ClN4/c1-11-4-5-14-15(8-11)21(16(19-14)13(3)17)12(2)9-20-7-6-18-10-20/h4-8,10,12-13H,9H2,1-3H3. The van der Waals surface area contributed by atoms with Crippen LogP contribution in [-0.2, 0) is 6.54 Å². The van der Waals surface area contributed by atoms with Crippen LogP contribution in [0.3, 0.4) is 0 Å². The Morgan fingerprint density at radius 1 is 1.29 bits per heavy atom. The number of alkyl halides is 1. The van der Waals surface area contributed by atoms with Crippen molar-refractivity contribution in [3.8, 4) is 0 Å². The minimum Gasteiger partial charge on any atom is -0.335 e. The Hall–Kier alpha value is -1.81. The number of aryl methyl sites for hydroxylation is 1. The van der Waals surface area contributed by atoms with Crippen LogP contribution in [0, 0.1) is 6.92 Å². The van der Waals surface area contributed by atoms with Gasteiger partial charge in [-0.1, -0.05) is 6.07 Å². The minimum absolute atomic E-state index is 0.122. The molecule has 5 heteroatoms. The fourth-order valence-corrected chi connectivity index (χ4v) is 2.90. The summed E-state index contributed by atoms with van der Waals surface area (Å²) in [6, 6.07) is 6.58. The summed E-state index contributed by atoms with van der Waals surface area (Å²) >= 11 is 6.34. The van der Waals surface area contributed by atoms with Crippen molar-refractivity contribution in [2.75, 3.05) is 0 Å². The van der Waals surface area contributed by atoms with Gasteiger partial charge >= 0.3 is 0 Å². The topological polar surface area (TPSA) is 35.6 Å². The van der Waals surface area contributed by atoms with E-state index in [1.807, 2.05) is 19.4 Å². The van der Waals surface area contributed by atoms with Crippen LogP contribution >= 0.6 is 11.6 Å². The van der Waals surface area contributed by atoms with Gasteiger partial charge in [-0.25, -0.2) is 9.97 Å². The van der Waals surface area contributed by atoms with Crippen LogP contribution < -0.4 is 0 Å². The Labute approximate surface area is 129 Å². The monoisotopic (exact) mass is 302 g/mol. The van der Waals surface area contributed by atoms with E-state index in [2.05, 4.69) is 46.2 Å². The molecule has 2 unspecified atom stereocenters. The lowest BCUT2D eigenvalue weighted by Gasteiger charge is -2.19. The second kappa shape index (κ2) is 5.53. The molecule has 2 aromatic heterocycles. The Bertz CT molecular complexity index is 743. The predicted octanol–water partition coefficient (Wildman–Crippen LogP) is 4.10. The van der Waals surface area contributed by atoms with Gasteiger partial charge in [0.05, 0.1) is 28.8 Å². The van der Waals surface area contributed by atoms with Crippen molar-refractivity contribution in [3.63, 3.8) is 0 Å². The van der Waals surface area contributed by atoms with Crippen molar-refractivity contribution in [2.24, 2.45) is 0 Å². The van der Waals surface area contributed by atoms with Crippen LogP contribution in [0.2, 0.25) is 0 Å². The van der Waals surface area contributed by atoms with Gasteiger partial charge in [0.15, 0.2) is 0 Å². The van der Waals surface area contributed by atoms with E-state index < -0.39 is 0 Å². The third-order valence-electron chi connectivity index (χ3n) is 3.70. The molecule has 4 nitrogen and oxygen atoms in total. The molecule has 0 fully saturated rings. The number of imidazole rings is 2. The summed E-state index contributed by atoms with van der Waals surface area (Å²) in [6.07, 6.45) is 5.61. The Morgan fingerprint density at radius 2 is 2.10 bits per heavy atom. The largest absolute Gasteiger partial charge is 0.335 e. The summed E-state index contributed by atoms with van der Waals surface area (Å²) < 4.78 is 4.33. The number of halogens is 1. The third-order valence-corrected chi connectivity index (χ3v) is 3.90. The van der Waals surface area contributed by atoms with E-state index in [-0.39, 0.29) is 11.4 Å². The number of hydrogen-bond acceptors (Lipinski definition) is 2. The van der Waals surface area contributed by atoms with Crippen molar-refractivity contribution in [1.29, 1.82) is 0 Å². The Balaban J connectivity index is 2.09. The second-order valence-corrected chi connectivity index (χ2v) is 6.21. The minimum atomic E-state index is -0.122. The zero-order valence-electron chi connectivity index (χ0n) is 12.5. The van der Waals surface area contributed by atoms with Gasteiger partial charge in [-0.2, -0.15) is 0 Å². The molecular weight excluding hydrogens is 284 g/mol. The zero-order valence-corrected chi connectivity index (χ0v) is 13.2. The summed E-state index contributed by atoms with van der Waals surface area (Å²) in [6.45, 7) is 7.10. The van der Waals surface area contributed by atoms with Gasteiger partial charge in [-0.3, -0.25) is 0 Å². The summed E-state index contributed by atoms with van der Waals surface area (Å²) in [5, 5.41) is -0.122.